The van der Waals surface area contributed by atoms with Gasteiger partial charge in [-0.3, -0.25) is 5.32 Å². The largest absolute Gasteiger partial charge is 0.348 e. The zero-order chi connectivity index (χ0) is 14.9. The minimum Gasteiger partial charge on any atom is -0.348 e. The molecule has 2 aliphatic heterocycles. The summed E-state index contributed by atoms with van der Waals surface area (Å²) in [6, 6.07) is 7.04. The molecule has 4 rings (SSSR count). The van der Waals surface area contributed by atoms with Crippen LogP contribution in [0, 0.1) is 0 Å². The Balaban J connectivity index is 1.72. The van der Waals surface area contributed by atoms with Crippen LogP contribution in [0.25, 0.3) is 10.9 Å². The highest BCUT2D eigenvalue weighted by Crippen LogP contribution is 2.33. The van der Waals surface area contributed by atoms with Gasteiger partial charge in [-0.1, -0.05) is 18.2 Å². The molecule has 4 heteroatoms. The summed E-state index contributed by atoms with van der Waals surface area (Å²) in [5, 5.41) is 8.19. The predicted molar refractivity (Wildman–Crippen MR) is 92.3 cm³/mol. The summed E-state index contributed by atoms with van der Waals surface area (Å²) in [4.78, 5) is 2.29. The van der Waals surface area contributed by atoms with Gasteiger partial charge < -0.3 is 14.8 Å². The number of hydrogen-bond donors (Lipinski definition) is 2. The van der Waals surface area contributed by atoms with E-state index in [0.717, 1.165) is 26.3 Å². The third-order valence-electron chi connectivity index (χ3n) is 4.94. The summed E-state index contributed by atoms with van der Waals surface area (Å²) in [6.45, 7) is 4.13. The van der Waals surface area contributed by atoms with Gasteiger partial charge in [0.25, 0.3) is 0 Å². The molecule has 0 atom stereocenters. The Hall–Kier alpha value is -1.78. The van der Waals surface area contributed by atoms with Crippen molar-refractivity contribution in [1.29, 1.82) is 0 Å². The Labute approximate surface area is 131 Å². The second-order valence-electron chi connectivity index (χ2n) is 6.39. The summed E-state index contributed by atoms with van der Waals surface area (Å²) in [6.07, 6.45) is 9.11. The van der Waals surface area contributed by atoms with E-state index in [-0.39, 0.29) is 0 Å². The van der Waals surface area contributed by atoms with Crippen LogP contribution in [-0.4, -0.2) is 30.9 Å². The molecule has 4 nitrogen and oxygen atoms in total. The van der Waals surface area contributed by atoms with Gasteiger partial charge >= 0.3 is 0 Å². The van der Waals surface area contributed by atoms with Crippen molar-refractivity contribution in [2.24, 2.45) is 7.05 Å². The number of benzene rings is 1. The summed E-state index contributed by atoms with van der Waals surface area (Å²) in [5.41, 5.74) is 4.12. The second-order valence-corrected chi connectivity index (χ2v) is 6.39. The van der Waals surface area contributed by atoms with Crippen LogP contribution in [0.3, 0.4) is 0 Å². The molecule has 0 aliphatic carbocycles. The highest BCUT2D eigenvalue weighted by Gasteiger charge is 2.18. The average Bonchev–Trinajstić information content (AvgIpc) is 2.93. The highest BCUT2D eigenvalue weighted by molar-refractivity contribution is 5.94. The van der Waals surface area contributed by atoms with E-state index in [1.165, 1.54) is 35.0 Å². The molecule has 22 heavy (non-hydrogen) atoms. The van der Waals surface area contributed by atoms with Gasteiger partial charge in [-0.05, 0) is 43.5 Å². The number of piperidine rings is 1. The zero-order valence-electron chi connectivity index (χ0n) is 13.2. The number of nitrogens with zero attached hydrogens (tertiary/aromatic N) is 2. The molecule has 0 unspecified atom stereocenters. The standard InChI is InChI=1S/C18H24N4/c1-21-12-18(22-10-2-7-20-13-22)16-4-3-15(11-17(16)21)14-5-8-19-9-6-14/h2-4,10-12,14,19-20H,5-9,13H2,1H3. The first-order valence-corrected chi connectivity index (χ1v) is 8.26. The summed E-state index contributed by atoms with van der Waals surface area (Å²) in [5.74, 6) is 0.709. The van der Waals surface area contributed by atoms with Crippen LogP contribution in [0.4, 0.5) is 5.69 Å². The van der Waals surface area contributed by atoms with Crippen molar-refractivity contribution in [2.75, 3.05) is 31.2 Å². The number of nitrogens with one attached hydrogen (secondary N) is 2. The number of anilines is 1. The molecule has 2 aromatic rings. The van der Waals surface area contributed by atoms with Gasteiger partial charge in [0.1, 0.15) is 0 Å². The molecule has 0 amide bonds. The van der Waals surface area contributed by atoms with Gasteiger partial charge in [-0.2, -0.15) is 0 Å². The molecule has 1 aromatic heterocycles. The number of hydrogen-bond acceptors (Lipinski definition) is 3. The molecule has 0 radical (unpaired) electrons. The molecule has 1 aromatic carbocycles. The third-order valence-corrected chi connectivity index (χ3v) is 4.94. The first-order valence-electron chi connectivity index (χ1n) is 8.26. The molecule has 2 aliphatic rings. The number of aromatic nitrogens is 1. The van der Waals surface area contributed by atoms with E-state index >= 15 is 0 Å². The van der Waals surface area contributed by atoms with Crippen LogP contribution in [0.5, 0.6) is 0 Å². The first kappa shape index (κ1) is 13.9. The number of rotatable bonds is 2. The van der Waals surface area contributed by atoms with E-state index < -0.39 is 0 Å². The molecule has 0 saturated carbocycles. The van der Waals surface area contributed by atoms with Gasteiger partial charge in [-0.25, -0.2) is 0 Å². The number of aryl methyl sites for hydroxylation is 1. The fourth-order valence-corrected chi connectivity index (χ4v) is 3.68. The highest BCUT2D eigenvalue weighted by atomic mass is 15.2. The fourth-order valence-electron chi connectivity index (χ4n) is 3.68. The Bertz CT molecular complexity index is 694. The summed E-state index contributed by atoms with van der Waals surface area (Å²) >= 11 is 0. The molecule has 116 valence electrons. The Morgan fingerprint density at radius 3 is 2.77 bits per heavy atom. The maximum Gasteiger partial charge on any atom is 0.0728 e. The van der Waals surface area contributed by atoms with Crippen LogP contribution in [-0.2, 0) is 7.05 Å². The molecule has 2 N–H and O–H groups in total. The molecule has 3 heterocycles. The van der Waals surface area contributed by atoms with Gasteiger partial charge in [0.05, 0.1) is 17.9 Å². The lowest BCUT2D eigenvalue weighted by Gasteiger charge is -2.24. The number of fused-ring (bicyclic) bond motifs is 1. The smallest absolute Gasteiger partial charge is 0.0728 e. The zero-order valence-corrected chi connectivity index (χ0v) is 13.2. The van der Waals surface area contributed by atoms with Crippen molar-refractivity contribution in [3.05, 3.63) is 42.2 Å². The van der Waals surface area contributed by atoms with Crippen molar-refractivity contribution in [3.63, 3.8) is 0 Å². The van der Waals surface area contributed by atoms with Crippen molar-refractivity contribution in [1.82, 2.24) is 15.2 Å². The molecule has 1 saturated heterocycles. The van der Waals surface area contributed by atoms with Crippen LogP contribution in [0.1, 0.15) is 24.3 Å². The van der Waals surface area contributed by atoms with E-state index in [9.17, 15) is 0 Å². The Morgan fingerprint density at radius 1 is 1.14 bits per heavy atom. The maximum atomic E-state index is 3.45. The van der Waals surface area contributed by atoms with Crippen LogP contribution in [0.2, 0.25) is 0 Å². The fraction of sp³-hybridized carbons (Fsp3) is 0.444. The molecule has 0 bridgehead atoms. The van der Waals surface area contributed by atoms with Crippen molar-refractivity contribution >= 4 is 16.6 Å². The monoisotopic (exact) mass is 296 g/mol. The SMILES string of the molecule is Cn1cc(N2C=CCNC2)c2ccc(C3CCNCC3)cc21. The Morgan fingerprint density at radius 2 is 2.00 bits per heavy atom. The lowest BCUT2D eigenvalue weighted by atomic mass is 9.90. The van der Waals surface area contributed by atoms with E-state index in [0.29, 0.717) is 5.92 Å². The second kappa shape index (κ2) is 5.78. The van der Waals surface area contributed by atoms with E-state index in [4.69, 9.17) is 0 Å². The van der Waals surface area contributed by atoms with Gasteiger partial charge in [-0.15, -0.1) is 0 Å². The van der Waals surface area contributed by atoms with Crippen molar-refractivity contribution < 1.29 is 0 Å². The topological polar surface area (TPSA) is 32.2 Å². The minimum atomic E-state index is 0.709. The molecule has 0 spiro atoms. The average molecular weight is 296 g/mol. The maximum absolute atomic E-state index is 3.45. The van der Waals surface area contributed by atoms with Gasteiger partial charge in [0.15, 0.2) is 0 Å². The normalized spacial score (nSPS) is 20.0. The quantitative estimate of drug-likeness (QED) is 0.893. The van der Waals surface area contributed by atoms with Crippen molar-refractivity contribution in [3.8, 4) is 0 Å². The van der Waals surface area contributed by atoms with Gasteiger partial charge in [0.2, 0.25) is 0 Å². The minimum absolute atomic E-state index is 0.709. The molecular weight excluding hydrogens is 272 g/mol. The van der Waals surface area contributed by atoms with Crippen molar-refractivity contribution in [2.45, 2.75) is 18.8 Å². The first-order chi connectivity index (χ1) is 10.8. The van der Waals surface area contributed by atoms with Crippen LogP contribution in [0.15, 0.2) is 36.7 Å². The predicted octanol–water partition coefficient (Wildman–Crippen LogP) is 2.53. The van der Waals surface area contributed by atoms with Gasteiger partial charge in [0, 0.05) is 31.4 Å². The van der Waals surface area contributed by atoms with E-state index in [2.05, 4.69) is 63.8 Å². The lowest BCUT2D eigenvalue weighted by molar-refractivity contribution is 0.460. The van der Waals surface area contributed by atoms with E-state index in [1.54, 1.807) is 0 Å². The molecule has 1 fully saturated rings. The lowest BCUT2D eigenvalue weighted by Crippen LogP contribution is -2.34. The third kappa shape index (κ3) is 2.42. The van der Waals surface area contributed by atoms with E-state index in [1.807, 2.05) is 0 Å². The van der Waals surface area contributed by atoms with Crippen LogP contribution >= 0.6 is 0 Å². The van der Waals surface area contributed by atoms with Crippen LogP contribution < -0.4 is 15.5 Å². The summed E-state index contributed by atoms with van der Waals surface area (Å²) in [7, 11) is 2.15. The summed E-state index contributed by atoms with van der Waals surface area (Å²) < 4.78 is 2.26. The Kier molecular flexibility index (Phi) is 3.64. The molecular formula is C18H24N4.